The van der Waals surface area contributed by atoms with E-state index in [0.29, 0.717) is 6.61 Å². The van der Waals surface area contributed by atoms with E-state index in [4.69, 9.17) is 18.9 Å². The lowest BCUT2D eigenvalue weighted by atomic mass is 9.94. The van der Waals surface area contributed by atoms with E-state index in [1.807, 2.05) is 36.4 Å². The van der Waals surface area contributed by atoms with Crippen molar-refractivity contribution in [2.45, 2.75) is 43.7 Å². The first kappa shape index (κ1) is 16.3. The van der Waals surface area contributed by atoms with Crippen molar-refractivity contribution in [2.75, 3.05) is 13.7 Å². The van der Waals surface area contributed by atoms with E-state index >= 15 is 0 Å². The molecule has 0 bridgehead atoms. The topological polar surface area (TPSA) is 40.2 Å². The van der Waals surface area contributed by atoms with Gasteiger partial charge in [0, 0.05) is 0 Å². The second kappa shape index (κ2) is 5.54. The molecule has 0 amide bonds. The van der Waals surface area contributed by atoms with Gasteiger partial charge in [0.1, 0.15) is 35.6 Å². The van der Waals surface area contributed by atoms with Crippen LogP contribution in [-0.2, 0) is 25.4 Å². The molecule has 0 unspecified atom stereocenters. The quantitative estimate of drug-likeness (QED) is 0.847. The van der Waals surface area contributed by atoms with Crippen LogP contribution in [0.4, 0.5) is 0 Å². The zero-order valence-corrected chi connectivity index (χ0v) is 15.2. The van der Waals surface area contributed by atoms with Crippen molar-refractivity contribution in [1.82, 2.24) is 4.90 Å². The third-order valence-electron chi connectivity index (χ3n) is 5.94. The van der Waals surface area contributed by atoms with E-state index in [2.05, 4.69) is 36.9 Å². The maximum atomic E-state index is 6.67. The Morgan fingerprint density at radius 3 is 2.42 bits per heavy atom. The summed E-state index contributed by atoms with van der Waals surface area (Å²) >= 11 is 0. The molecule has 5 heteroatoms. The van der Waals surface area contributed by atoms with Gasteiger partial charge in [0.05, 0.1) is 13.7 Å². The number of rotatable bonds is 3. The maximum Gasteiger partial charge on any atom is 0.149 e. The van der Waals surface area contributed by atoms with Crippen LogP contribution in [0.5, 0.6) is 5.75 Å². The lowest BCUT2D eigenvalue weighted by Gasteiger charge is -2.33. The van der Waals surface area contributed by atoms with Crippen LogP contribution in [0.2, 0.25) is 0 Å². The monoisotopic (exact) mass is 353 g/mol. The first-order valence-electron chi connectivity index (χ1n) is 9.01. The van der Waals surface area contributed by atoms with Crippen LogP contribution in [0.15, 0.2) is 54.6 Å². The van der Waals surface area contributed by atoms with Gasteiger partial charge < -0.3 is 18.9 Å². The SMILES string of the molecule is COc1cccc([C@@]2(C)O[C@H]3CO[C@@H]4N3[C@H]2O[C@]4(C)c2ccccc2)c1. The van der Waals surface area contributed by atoms with Crippen LogP contribution in [0, 0.1) is 0 Å². The highest BCUT2D eigenvalue weighted by molar-refractivity contribution is 5.35. The molecule has 0 spiro atoms. The number of hydrogen-bond donors (Lipinski definition) is 0. The number of methoxy groups -OCH3 is 1. The normalized spacial score (nSPS) is 38.5. The molecule has 0 N–H and O–H groups in total. The highest BCUT2D eigenvalue weighted by Gasteiger charge is 2.68. The average molecular weight is 353 g/mol. The van der Waals surface area contributed by atoms with Gasteiger partial charge in [-0.25, -0.2) is 4.90 Å². The Bertz CT molecular complexity index is 828. The summed E-state index contributed by atoms with van der Waals surface area (Å²) in [6, 6.07) is 18.3. The molecule has 3 aliphatic heterocycles. The molecule has 5 nitrogen and oxygen atoms in total. The molecule has 3 saturated heterocycles. The van der Waals surface area contributed by atoms with Gasteiger partial charge in [-0.1, -0.05) is 42.5 Å². The Morgan fingerprint density at radius 2 is 1.65 bits per heavy atom. The Labute approximate surface area is 153 Å². The van der Waals surface area contributed by atoms with Crippen molar-refractivity contribution in [3.8, 4) is 5.75 Å². The van der Waals surface area contributed by atoms with Crippen LogP contribution in [0.25, 0.3) is 0 Å². The lowest BCUT2D eigenvalue weighted by Crippen LogP contribution is -2.40. The Hall–Kier alpha value is -1.92. The minimum absolute atomic E-state index is 0.105. The minimum Gasteiger partial charge on any atom is -0.497 e. The fraction of sp³-hybridized carbons (Fsp3) is 0.429. The van der Waals surface area contributed by atoms with E-state index in [-0.39, 0.29) is 18.7 Å². The van der Waals surface area contributed by atoms with Crippen LogP contribution in [-0.4, -0.2) is 37.3 Å². The van der Waals surface area contributed by atoms with Gasteiger partial charge in [0.25, 0.3) is 0 Å². The summed E-state index contributed by atoms with van der Waals surface area (Å²) in [5.74, 6) is 0.816. The molecular formula is C21H23NO4. The van der Waals surface area contributed by atoms with E-state index < -0.39 is 11.2 Å². The Kier molecular flexibility index (Phi) is 3.46. The predicted molar refractivity (Wildman–Crippen MR) is 95.5 cm³/mol. The van der Waals surface area contributed by atoms with E-state index in [1.165, 1.54) is 0 Å². The highest BCUT2D eigenvalue weighted by atomic mass is 16.7. The standard InChI is InChI=1S/C21H23NO4/c1-20(14-8-5-4-6-9-14)18-22-17(13-24-18)25-21(2,19(22)26-20)15-10-7-11-16(12-15)23-3/h4-12,17-19H,13H2,1-3H3/t17-,18-,19-,20+,21+/m0/s1. The van der Waals surface area contributed by atoms with Gasteiger partial charge in [-0.3, -0.25) is 0 Å². The fourth-order valence-electron chi connectivity index (χ4n) is 4.52. The molecule has 136 valence electrons. The zero-order chi connectivity index (χ0) is 17.9. The van der Waals surface area contributed by atoms with Crippen molar-refractivity contribution in [2.24, 2.45) is 0 Å². The van der Waals surface area contributed by atoms with Gasteiger partial charge in [0.15, 0.2) is 0 Å². The molecule has 2 aromatic rings. The summed E-state index contributed by atoms with van der Waals surface area (Å²) in [7, 11) is 1.68. The molecule has 5 rings (SSSR count). The second-order valence-corrected chi connectivity index (χ2v) is 7.49. The smallest absolute Gasteiger partial charge is 0.149 e. The molecule has 0 aromatic heterocycles. The molecule has 0 saturated carbocycles. The van der Waals surface area contributed by atoms with Gasteiger partial charge in [-0.2, -0.15) is 0 Å². The van der Waals surface area contributed by atoms with Gasteiger partial charge in [-0.15, -0.1) is 0 Å². The van der Waals surface area contributed by atoms with Crippen molar-refractivity contribution < 1.29 is 18.9 Å². The molecule has 3 fully saturated rings. The summed E-state index contributed by atoms with van der Waals surface area (Å²) in [6.07, 6.45) is -0.489. The van der Waals surface area contributed by atoms with E-state index in [0.717, 1.165) is 16.9 Å². The Morgan fingerprint density at radius 1 is 0.923 bits per heavy atom. The number of nitrogens with zero attached hydrogens (tertiary/aromatic N) is 1. The molecule has 26 heavy (non-hydrogen) atoms. The Balaban J connectivity index is 1.57. The molecular weight excluding hydrogens is 330 g/mol. The molecule has 3 heterocycles. The summed E-state index contributed by atoms with van der Waals surface area (Å²) in [5.41, 5.74) is 1.04. The molecule has 2 aromatic carbocycles. The van der Waals surface area contributed by atoms with Gasteiger partial charge in [-0.05, 0) is 37.1 Å². The molecule has 0 radical (unpaired) electrons. The largest absolute Gasteiger partial charge is 0.497 e. The van der Waals surface area contributed by atoms with Crippen LogP contribution >= 0.6 is 0 Å². The van der Waals surface area contributed by atoms with Gasteiger partial charge >= 0.3 is 0 Å². The van der Waals surface area contributed by atoms with Crippen LogP contribution in [0.3, 0.4) is 0 Å². The van der Waals surface area contributed by atoms with Gasteiger partial charge in [0.2, 0.25) is 0 Å². The average Bonchev–Trinajstić information content (AvgIpc) is 3.31. The summed E-state index contributed by atoms with van der Waals surface area (Å²) in [5, 5.41) is 0. The minimum atomic E-state index is -0.590. The third-order valence-corrected chi connectivity index (χ3v) is 5.94. The first-order chi connectivity index (χ1) is 12.6. The fourth-order valence-corrected chi connectivity index (χ4v) is 4.52. The second-order valence-electron chi connectivity index (χ2n) is 7.49. The third kappa shape index (κ3) is 2.06. The number of hydrogen-bond acceptors (Lipinski definition) is 5. The van der Waals surface area contributed by atoms with Crippen molar-refractivity contribution in [1.29, 1.82) is 0 Å². The molecule has 3 aliphatic rings. The zero-order valence-electron chi connectivity index (χ0n) is 15.2. The number of benzene rings is 2. The first-order valence-corrected chi connectivity index (χ1v) is 9.01. The van der Waals surface area contributed by atoms with Crippen molar-refractivity contribution in [3.05, 3.63) is 65.7 Å². The summed E-state index contributed by atoms with van der Waals surface area (Å²) < 4.78 is 24.6. The predicted octanol–water partition coefficient (Wildman–Crippen LogP) is 3.20. The number of ether oxygens (including phenoxy) is 4. The van der Waals surface area contributed by atoms with Crippen molar-refractivity contribution in [3.63, 3.8) is 0 Å². The maximum absolute atomic E-state index is 6.67. The van der Waals surface area contributed by atoms with E-state index in [9.17, 15) is 0 Å². The lowest BCUT2D eigenvalue weighted by molar-refractivity contribution is -0.138. The summed E-state index contributed by atoms with van der Waals surface area (Å²) in [6.45, 7) is 4.75. The molecule has 0 aliphatic carbocycles. The van der Waals surface area contributed by atoms with E-state index in [1.54, 1.807) is 7.11 Å². The van der Waals surface area contributed by atoms with Crippen molar-refractivity contribution >= 4 is 0 Å². The highest BCUT2D eigenvalue weighted by Crippen LogP contribution is 2.55. The summed E-state index contributed by atoms with van der Waals surface area (Å²) in [4.78, 5) is 2.24. The molecule has 5 atom stereocenters. The van der Waals surface area contributed by atoms with Crippen LogP contribution < -0.4 is 4.74 Å². The van der Waals surface area contributed by atoms with Crippen LogP contribution in [0.1, 0.15) is 25.0 Å².